The third-order valence-electron chi connectivity index (χ3n) is 5.27. The van der Waals surface area contributed by atoms with Crippen molar-refractivity contribution >= 4 is 21.4 Å². The van der Waals surface area contributed by atoms with Crippen LogP contribution in [-0.2, 0) is 22.1 Å². The van der Waals surface area contributed by atoms with Gasteiger partial charge in [0.25, 0.3) is 0 Å². The highest BCUT2D eigenvalue weighted by Crippen LogP contribution is 2.30. The standard InChI is InChI=1S/C23H21ClF2N2O2S/c24-20-4-3-19(23(8-20)18-2-1-5-27-10-18)13-28-11-17(12-28)15-31(29,30)14-16-6-21(25)9-22(26)7-16/h1-10,17H,11-15H2. The third kappa shape index (κ3) is 5.67. The lowest BCUT2D eigenvalue weighted by Crippen LogP contribution is -2.48. The van der Waals surface area contributed by atoms with E-state index in [9.17, 15) is 17.2 Å². The molecule has 0 amide bonds. The van der Waals surface area contributed by atoms with Crippen LogP contribution in [-0.4, -0.2) is 37.1 Å². The van der Waals surface area contributed by atoms with Crippen LogP contribution in [0.5, 0.6) is 0 Å². The van der Waals surface area contributed by atoms with Gasteiger partial charge in [-0.05, 0) is 52.9 Å². The Labute approximate surface area is 185 Å². The molecule has 2 heterocycles. The van der Waals surface area contributed by atoms with Crippen LogP contribution in [0.4, 0.5) is 8.78 Å². The van der Waals surface area contributed by atoms with Crippen LogP contribution in [0.2, 0.25) is 5.02 Å². The van der Waals surface area contributed by atoms with E-state index in [2.05, 4.69) is 9.88 Å². The third-order valence-corrected chi connectivity index (χ3v) is 7.26. The Morgan fingerprint density at radius 1 is 1.06 bits per heavy atom. The molecule has 0 spiro atoms. The molecule has 8 heteroatoms. The summed E-state index contributed by atoms with van der Waals surface area (Å²) in [5.74, 6) is -1.91. The maximum atomic E-state index is 13.3. The number of likely N-dealkylation sites (tertiary alicyclic amines) is 1. The molecule has 1 aliphatic heterocycles. The van der Waals surface area contributed by atoms with Gasteiger partial charge in [0.05, 0.1) is 11.5 Å². The fraction of sp³-hybridized carbons (Fsp3) is 0.261. The van der Waals surface area contributed by atoms with Crippen LogP contribution in [0, 0.1) is 17.6 Å². The zero-order valence-electron chi connectivity index (χ0n) is 16.6. The highest BCUT2D eigenvalue weighted by atomic mass is 35.5. The molecule has 0 N–H and O–H groups in total. The van der Waals surface area contributed by atoms with Gasteiger partial charge in [-0.25, -0.2) is 17.2 Å². The zero-order chi connectivity index (χ0) is 22.0. The number of aromatic nitrogens is 1. The Kier molecular flexibility index (Phi) is 6.36. The Bertz CT molecular complexity index is 1160. The molecule has 1 fully saturated rings. The van der Waals surface area contributed by atoms with Crippen LogP contribution < -0.4 is 0 Å². The second-order valence-corrected chi connectivity index (χ2v) is 10.5. The molecular weight excluding hydrogens is 442 g/mol. The lowest BCUT2D eigenvalue weighted by atomic mass is 9.97. The highest BCUT2D eigenvalue weighted by Gasteiger charge is 2.31. The number of halogens is 3. The molecule has 4 rings (SSSR count). The van der Waals surface area contributed by atoms with Crippen molar-refractivity contribution in [1.29, 1.82) is 0 Å². The monoisotopic (exact) mass is 462 g/mol. The predicted molar refractivity (Wildman–Crippen MR) is 117 cm³/mol. The predicted octanol–water partition coefficient (Wildman–Crippen LogP) is 4.73. The Balaban J connectivity index is 1.37. The first-order valence-electron chi connectivity index (χ1n) is 9.84. The maximum absolute atomic E-state index is 13.3. The molecule has 31 heavy (non-hydrogen) atoms. The first-order chi connectivity index (χ1) is 14.8. The molecule has 1 aromatic heterocycles. The van der Waals surface area contributed by atoms with Gasteiger partial charge in [0, 0.05) is 48.7 Å². The van der Waals surface area contributed by atoms with E-state index in [-0.39, 0.29) is 23.0 Å². The molecule has 0 saturated carbocycles. The summed E-state index contributed by atoms with van der Waals surface area (Å²) in [6.45, 7) is 1.96. The quantitative estimate of drug-likeness (QED) is 0.509. The summed E-state index contributed by atoms with van der Waals surface area (Å²) < 4.78 is 51.6. The minimum Gasteiger partial charge on any atom is -0.298 e. The minimum absolute atomic E-state index is 0.00227. The molecule has 162 valence electrons. The van der Waals surface area contributed by atoms with Gasteiger partial charge < -0.3 is 0 Å². The highest BCUT2D eigenvalue weighted by molar-refractivity contribution is 7.90. The number of hydrogen-bond donors (Lipinski definition) is 0. The van der Waals surface area contributed by atoms with Gasteiger partial charge in [0.1, 0.15) is 11.6 Å². The topological polar surface area (TPSA) is 50.3 Å². The summed E-state index contributed by atoms with van der Waals surface area (Å²) in [6.07, 6.45) is 3.50. The molecule has 0 atom stereocenters. The van der Waals surface area contributed by atoms with E-state index in [1.54, 1.807) is 12.4 Å². The molecule has 1 aliphatic rings. The van der Waals surface area contributed by atoms with Crippen molar-refractivity contribution in [2.45, 2.75) is 12.3 Å². The summed E-state index contributed by atoms with van der Waals surface area (Å²) >= 11 is 6.19. The molecule has 4 nitrogen and oxygen atoms in total. The van der Waals surface area contributed by atoms with Crippen LogP contribution in [0.25, 0.3) is 11.1 Å². The second kappa shape index (κ2) is 9.02. The van der Waals surface area contributed by atoms with E-state index in [0.717, 1.165) is 34.9 Å². The SMILES string of the molecule is O=S(=O)(Cc1cc(F)cc(F)c1)CC1CN(Cc2ccc(Cl)cc2-c2cccnc2)C1. The van der Waals surface area contributed by atoms with Gasteiger partial charge >= 0.3 is 0 Å². The normalized spacial score (nSPS) is 15.1. The largest absolute Gasteiger partial charge is 0.298 e. The lowest BCUT2D eigenvalue weighted by Gasteiger charge is -2.39. The number of pyridine rings is 1. The number of rotatable bonds is 7. The van der Waals surface area contributed by atoms with Gasteiger partial charge in [0.15, 0.2) is 9.84 Å². The van der Waals surface area contributed by atoms with E-state index < -0.39 is 21.5 Å². The van der Waals surface area contributed by atoms with E-state index in [4.69, 9.17) is 11.6 Å². The van der Waals surface area contributed by atoms with Crippen molar-refractivity contribution in [3.8, 4) is 11.1 Å². The first kappa shape index (κ1) is 21.9. The first-order valence-corrected chi connectivity index (χ1v) is 12.0. The lowest BCUT2D eigenvalue weighted by molar-refractivity contribution is 0.107. The summed E-state index contributed by atoms with van der Waals surface area (Å²) in [5, 5.41) is 0.643. The zero-order valence-corrected chi connectivity index (χ0v) is 18.2. The van der Waals surface area contributed by atoms with Crippen molar-refractivity contribution in [1.82, 2.24) is 9.88 Å². The number of hydrogen-bond acceptors (Lipinski definition) is 4. The smallest absolute Gasteiger partial charge is 0.154 e. The number of sulfone groups is 1. The van der Waals surface area contributed by atoms with Crippen molar-refractivity contribution < 1.29 is 17.2 Å². The Hall–Kier alpha value is -2.35. The van der Waals surface area contributed by atoms with E-state index >= 15 is 0 Å². The average Bonchev–Trinajstić information content (AvgIpc) is 2.66. The number of nitrogens with zero attached hydrogens (tertiary/aromatic N) is 2. The number of benzene rings is 2. The summed E-state index contributed by atoms with van der Waals surface area (Å²) in [4.78, 5) is 6.34. The molecule has 1 saturated heterocycles. The second-order valence-electron chi connectivity index (χ2n) is 7.94. The fourth-order valence-electron chi connectivity index (χ4n) is 4.00. The van der Waals surface area contributed by atoms with Crippen LogP contribution >= 0.6 is 11.6 Å². The van der Waals surface area contributed by atoms with Gasteiger partial charge in [0.2, 0.25) is 0 Å². The Morgan fingerprint density at radius 3 is 2.48 bits per heavy atom. The molecule has 0 radical (unpaired) electrons. The van der Waals surface area contributed by atoms with Crippen molar-refractivity contribution in [2.75, 3.05) is 18.8 Å². The van der Waals surface area contributed by atoms with Crippen LogP contribution in [0.3, 0.4) is 0 Å². The van der Waals surface area contributed by atoms with Gasteiger partial charge in [-0.1, -0.05) is 23.7 Å². The molecule has 2 aromatic carbocycles. The van der Waals surface area contributed by atoms with E-state index in [0.29, 0.717) is 24.7 Å². The summed E-state index contributed by atoms with van der Waals surface area (Å²) in [7, 11) is -3.47. The van der Waals surface area contributed by atoms with Gasteiger partial charge in [-0.2, -0.15) is 0 Å². The average molecular weight is 463 g/mol. The van der Waals surface area contributed by atoms with Gasteiger partial charge in [-0.15, -0.1) is 0 Å². The van der Waals surface area contributed by atoms with E-state index in [1.165, 1.54) is 0 Å². The van der Waals surface area contributed by atoms with Crippen LogP contribution in [0.1, 0.15) is 11.1 Å². The molecular formula is C23H21ClF2N2O2S. The molecule has 0 aliphatic carbocycles. The van der Waals surface area contributed by atoms with Crippen molar-refractivity contribution in [3.05, 3.63) is 88.7 Å². The molecule has 0 unspecified atom stereocenters. The molecule has 0 bridgehead atoms. The van der Waals surface area contributed by atoms with Gasteiger partial charge in [-0.3, -0.25) is 9.88 Å². The maximum Gasteiger partial charge on any atom is 0.154 e. The van der Waals surface area contributed by atoms with Crippen molar-refractivity contribution in [2.24, 2.45) is 5.92 Å². The fourth-order valence-corrected chi connectivity index (χ4v) is 5.89. The van der Waals surface area contributed by atoms with Crippen LogP contribution in [0.15, 0.2) is 60.9 Å². The summed E-state index contributed by atoms with van der Waals surface area (Å²) in [5.41, 5.74) is 3.21. The minimum atomic E-state index is -3.47. The van der Waals surface area contributed by atoms with Crippen molar-refractivity contribution in [3.63, 3.8) is 0 Å². The van der Waals surface area contributed by atoms with E-state index in [1.807, 2.05) is 30.3 Å². The summed E-state index contributed by atoms with van der Waals surface area (Å²) in [6, 6.07) is 12.4. The Morgan fingerprint density at radius 2 is 1.81 bits per heavy atom. The molecule has 3 aromatic rings.